The summed E-state index contributed by atoms with van der Waals surface area (Å²) >= 11 is -1.15. The lowest BCUT2D eigenvalue weighted by atomic mass is 9.79. The number of nitrogens with zero attached hydrogens (tertiary/aromatic N) is 2. The minimum atomic E-state index is -1.15. The Balaban J connectivity index is 2.37. The molecular formula is C16H29N3O2S. The van der Waals surface area contributed by atoms with Gasteiger partial charge in [-0.15, -0.1) is 4.72 Å². The minimum absolute atomic E-state index is 0.0581. The quantitative estimate of drug-likeness (QED) is 0.844. The molecule has 1 saturated carbocycles. The van der Waals surface area contributed by atoms with Crippen LogP contribution in [0.2, 0.25) is 0 Å². The topological polar surface area (TPSA) is 62.1 Å². The Labute approximate surface area is 137 Å². The van der Waals surface area contributed by atoms with Crippen molar-refractivity contribution in [1.29, 1.82) is 0 Å². The predicted molar refractivity (Wildman–Crippen MR) is 90.1 cm³/mol. The van der Waals surface area contributed by atoms with Crippen molar-refractivity contribution >= 4 is 11.4 Å². The van der Waals surface area contributed by atoms with E-state index in [0.29, 0.717) is 0 Å². The molecular weight excluding hydrogens is 298 g/mol. The van der Waals surface area contributed by atoms with Gasteiger partial charge in [-0.05, 0) is 39.0 Å². The van der Waals surface area contributed by atoms with Crippen LogP contribution in [0.5, 0.6) is 5.75 Å². The van der Waals surface area contributed by atoms with E-state index in [1.807, 2.05) is 34.0 Å². The van der Waals surface area contributed by atoms with Gasteiger partial charge in [-0.3, -0.25) is 4.68 Å². The fraction of sp³-hybridized carbons (Fsp3) is 0.812. The molecule has 0 bridgehead atoms. The Morgan fingerprint density at radius 1 is 1.41 bits per heavy atom. The molecule has 1 aromatic rings. The second-order valence-electron chi connectivity index (χ2n) is 7.55. The van der Waals surface area contributed by atoms with Gasteiger partial charge in [-0.25, -0.2) is 0 Å². The Bertz CT molecular complexity index is 504. The van der Waals surface area contributed by atoms with Gasteiger partial charge in [0.2, 0.25) is 0 Å². The van der Waals surface area contributed by atoms with Gasteiger partial charge in [0.25, 0.3) is 0 Å². The van der Waals surface area contributed by atoms with Crippen LogP contribution in [0.4, 0.5) is 0 Å². The molecule has 1 aliphatic carbocycles. The van der Waals surface area contributed by atoms with Gasteiger partial charge < -0.3 is 9.29 Å². The molecule has 1 aromatic heterocycles. The average Bonchev–Trinajstić information content (AvgIpc) is 3.01. The first-order chi connectivity index (χ1) is 10.2. The van der Waals surface area contributed by atoms with E-state index in [9.17, 15) is 4.55 Å². The molecule has 2 rings (SSSR count). The lowest BCUT2D eigenvalue weighted by molar-refractivity contribution is 0.236. The van der Waals surface area contributed by atoms with Crippen LogP contribution in [-0.4, -0.2) is 26.2 Å². The highest BCUT2D eigenvalue weighted by Gasteiger charge is 2.44. The number of hydrogen-bond acceptors (Lipinski definition) is 4. The molecule has 0 aromatic carbocycles. The fourth-order valence-electron chi connectivity index (χ4n) is 3.12. The van der Waals surface area contributed by atoms with Crippen LogP contribution < -0.4 is 9.46 Å². The maximum atomic E-state index is 12.7. The van der Waals surface area contributed by atoms with E-state index in [1.54, 1.807) is 11.8 Å². The standard InChI is InChI=1S/C16H29N3O2S/c1-15(2,3)22(20)18-14(16(4)9-7-8-10-16)13-12(21-6)11-19(5)17-13/h11,14,18H,7-10H2,1-6H3/t14-,22+/m0/s1. The smallest absolute Gasteiger partial charge is 0.161 e. The second-order valence-corrected chi connectivity index (χ2v) is 9.55. The molecule has 0 spiro atoms. The van der Waals surface area contributed by atoms with Crippen LogP contribution in [0, 0.1) is 5.41 Å². The van der Waals surface area contributed by atoms with Crippen molar-refractivity contribution in [2.75, 3.05) is 7.11 Å². The normalized spacial score (nSPS) is 20.9. The van der Waals surface area contributed by atoms with Gasteiger partial charge in [0.05, 0.1) is 13.3 Å². The van der Waals surface area contributed by atoms with Gasteiger partial charge in [0, 0.05) is 18.4 Å². The van der Waals surface area contributed by atoms with E-state index >= 15 is 0 Å². The molecule has 1 fully saturated rings. The second kappa shape index (κ2) is 6.42. The van der Waals surface area contributed by atoms with Gasteiger partial charge in [-0.1, -0.05) is 19.8 Å². The Kier molecular flexibility index (Phi) is 5.14. The summed E-state index contributed by atoms with van der Waals surface area (Å²) < 4.78 is 23.0. The molecule has 22 heavy (non-hydrogen) atoms. The molecule has 0 radical (unpaired) electrons. The maximum Gasteiger partial charge on any atom is 0.161 e. The molecule has 1 heterocycles. The van der Waals surface area contributed by atoms with Crippen LogP contribution in [0.25, 0.3) is 0 Å². The lowest BCUT2D eigenvalue weighted by Gasteiger charge is -2.36. The van der Waals surface area contributed by atoms with E-state index in [1.165, 1.54) is 12.8 Å². The van der Waals surface area contributed by atoms with Crippen molar-refractivity contribution in [3.05, 3.63) is 11.9 Å². The zero-order chi connectivity index (χ0) is 16.5. The summed E-state index contributed by atoms with van der Waals surface area (Å²) in [4.78, 5) is 0. The fourth-order valence-corrected chi connectivity index (χ4v) is 4.09. The first kappa shape index (κ1) is 17.6. The summed E-state index contributed by atoms with van der Waals surface area (Å²) in [6.45, 7) is 8.23. The Hall–Kier alpha value is -0.720. The van der Waals surface area contributed by atoms with E-state index in [4.69, 9.17) is 4.74 Å². The van der Waals surface area contributed by atoms with Gasteiger partial charge >= 0.3 is 0 Å². The lowest BCUT2D eigenvalue weighted by Crippen LogP contribution is -2.45. The molecule has 0 unspecified atom stereocenters. The third kappa shape index (κ3) is 3.60. The summed E-state index contributed by atoms with van der Waals surface area (Å²) in [6.07, 6.45) is 6.54. The molecule has 1 aliphatic rings. The van der Waals surface area contributed by atoms with Crippen LogP contribution in [0.3, 0.4) is 0 Å². The number of aromatic nitrogens is 2. The van der Waals surface area contributed by atoms with Crippen LogP contribution in [0.1, 0.15) is 65.1 Å². The summed E-state index contributed by atoms with van der Waals surface area (Å²) in [7, 11) is 3.55. The molecule has 0 aliphatic heterocycles. The maximum absolute atomic E-state index is 12.7. The van der Waals surface area contributed by atoms with Gasteiger partial charge in [0.1, 0.15) is 16.5 Å². The van der Waals surface area contributed by atoms with Crippen molar-refractivity contribution in [3.63, 3.8) is 0 Å². The third-order valence-electron chi connectivity index (χ3n) is 4.54. The van der Waals surface area contributed by atoms with Crippen molar-refractivity contribution in [2.45, 2.75) is 64.2 Å². The van der Waals surface area contributed by atoms with Crippen LogP contribution in [-0.2, 0) is 18.4 Å². The SMILES string of the molecule is COc1cn(C)nc1[C@H](N[S@+]([O-])C(C)(C)C)C1(C)CCCC1. The first-order valence-electron chi connectivity index (χ1n) is 7.93. The van der Waals surface area contributed by atoms with Crippen molar-refractivity contribution in [3.8, 4) is 5.75 Å². The number of nitrogens with one attached hydrogen (secondary N) is 1. The van der Waals surface area contributed by atoms with E-state index in [-0.39, 0.29) is 16.2 Å². The molecule has 1 N–H and O–H groups in total. The first-order valence-corrected chi connectivity index (χ1v) is 9.08. The number of methoxy groups -OCH3 is 1. The predicted octanol–water partition coefficient (Wildman–Crippen LogP) is 3.10. The van der Waals surface area contributed by atoms with Crippen molar-refractivity contribution in [1.82, 2.24) is 14.5 Å². The third-order valence-corrected chi connectivity index (χ3v) is 6.10. The number of hydrogen-bond donors (Lipinski definition) is 1. The summed E-state index contributed by atoms with van der Waals surface area (Å²) in [5, 5.41) is 4.60. The molecule has 0 amide bonds. The van der Waals surface area contributed by atoms with Crippen LogP contribution >= 0.6 is 0 Å². The van der Waals surface area contributed by atoms with Crippen molar-refractivity contribution in [2.24, 2.45) is 12.5 Å². The molecule has 0 saturated heterocycles. The van der Waals surface area contributed by atoms with Gasteiger partial charge in [-0.2, -0.15) is 5.10 Å². The number of ether oxygens (including phenoxy) is 1. The monoisotopic (exact) mass is 327 g/mol. The Morgan fingerprint density at radius 2 is 2.00 bits per heavy atom. The molecule has 6 heteroatoms. The molecule has 5 nitrogen and oxygen atoms in total. The van der Waals surface area contributed by atoms with Crippen molar-refractivity contribution < 1.29 is 9.29 Å². The highest BCUT2D eigenvalue weighted by molar-refractivity contribution is 7.90. The molecule has 126 valence electrons. The van der Waals surface area contributed by atoms with E-state index in [0.717, 1.165) is 24.3 Å². The largest absolute Gasteiger partial charge is 0.598 e. The summed E-state index contributed by atoms with van der Waals surface area (Å²) in [5.41, 5.74) is 0.926. The zero-order valence-corrected chi connectivity index (χ0v) is 15.4. The highest BCUT2D eigenvalue weighted by Crippen LogP contribution is 2.49. The Morgan fingerprint density at radius 3 is 2.50 bits per heavy atom. The molecule has 2 atom stereocenters. The minimum Gasteiger partial charge on any atom is -0.598 e. The summed E-state index contributed by atoms with van der Waals surface area (Å²) in [6, 6.07) is -0.0637. The summed E-state index contributed by atoms with van der Waals surface area (Å²) in [5.74, 6) is 0.763. The highest BCUT2D eigenvalue weighted by atomic mass is 32.2. The van der Waals surface area contributed by atoms with Gasteiger partial charge in [0.15, 0.2) is 5.75 Å². The van der Waals surface area contributed by atoms with Crippen LogP contribution in [0.15, 0.2) is 6.20 Å². The van der Waals surface area contributed by atoms with E-state index < -0.39 is 11.4 Å². The van der Waals surface area contributed by atoms with E-state index in [2.05, 4.69) is 16.7 Å². The number of aryl methyl sites for hydroxylation is 1. The average molecular weight is 327 g/mol. The number of rotatable bonds is 5. The zero-order valence-electron chi connectivity index (χ0n) is 14.6.